The molecule has 0 saturated carbocycles. The lowest BCUT2D eigenvalue weighted by Gasteiger charge is -2.10. The Hall–Kier alpha value is 3.38. The molecule has 0 aromatic rings. The van der Waals surface area contributed by atoms with Crippen molar-refractivity contribution in [1.29, 1.82) is 0 Å². The molecule has 0 heterocycles. The fraction of sp³-hybridized carbons (Fsp3) is 0.895. The van der Waals surface area contributed by atoms with Crippen LogP contribution in [0.3, 0.4) is 0 Å². The van der Waals surface area contributed by atoms with Gasteiger partial charge in [0.1, 0.15) is 17.3 Å². The first-order valence-electron chi connectivity index (χ1n) is 10.8. The molecule has 18 heteroatoms. The Balaban J connectivity index is 3.35. The summed E-state index contributed by atoms with van der Waals surface area (Å²) < 4.78 is 23.7. The molecule has 0 aromatic heterocycles. The Labute approximate surface area is 271 Å². The summed E-state index contributed by atoms with van der Waals surface area (Å²) in [5.74, 6) is 7.32. The van der Waals surface area contributed by atoms with Crippen LogP contribution in [0.4, 0.5) is 0 Å². The zero-order valence-corrected chi connectivity index (χ0v) is 30.2. The predicted octanol–water partition coefficient (Wildman–Crippen LogP) is 4.56. The van der Waals surface area contributed by atoms with Crippen molar-refractivity contribution in [1.82, 2.24) is 0 Å². The lowest BCUT2D eigenvalue weighted by Crippen LogP contribution is -2.14. The van der Waals surface area contributed by atoms with Crippen molar-refractivity contribution in [2.45, 2.75) is 0 Å². The van der Waals surface area contributed by atoms with Gasteiger partial charge in [-0.15, -0.1) is 70.6 Å². The number of aliphatic hydroxyl groups is 2. The summed E-state index contributed by atoms with van der Waals surface area (Å²) in [6.45, 7) is 0. The average molecular weight is 745 g/mol. The highest BCUT2D eigenvalue weighted by molar-refractivity contribution is 8.25. The fourth-order valence-electron chi connectivity index (χ4n) is 1.85. The Bertz CT molecular complexity index is 540. The SMILES string of the molecule is O=C(CSCSCC[S+]([O-])CSCO)SCCSCSCC[S+]([O-])CCSCSCC(=O)SCSCO. The number of carbonyl (C=O) groups is 2. The minimum atomic E-state index is -0.884. The normalized spacial score (nSPS) is 13.1. The van der Waals surface area contributed by atoms with E-state index < -0.39 is 22.4 Å². The number of hydrogen-bond donors (Lipinski definition) is 2. The van der Waals surface area contributed by atoms with Crippen LogP contribution in [0.5, 0.6) is 0 Å². The van der Waals surface area contributed by atoms with Crippen molar-refractivity contribution in [3.8, 4) is 0 Å². The van der Waals surface area contributed by atoms with E-state index in [0.29, 0.717) is 38.9 Å². The maximum Gasteiger partial charge on any atom is 0.199 e. The summed E-state index contributed by atoms with van der Waals surface area (Å²) in [6, 6.07) is 0. The second kappa shape index (κ2) is 32.3. The van der Waals surface area contributed by atoms with Gasteiger partial charge in [0.25, 0.3) is 0 Å². The molecule has 220 valence electrons. The van der Waals surface area contributed by atoms with Crippen LogP contribution in [-0.2, 0) is 31.9 Å². The van der Waals surface area contributed by atoms with Crippen LogP contribution in [0.15, 0.2) is 0 Å². The summed E-state index contributed by atoms with van der Waals surface area (Å²) in [5.41, 5.74) is 0. The summed E-state index contributed by atoms with van der Waals surface area (Å²) in [6.07, 6.45) is 0. The van der Waals surface area contributed by atoms with E-state index in [1.807, 2.05) is 11.8 Å². The van der Waals surface area contributed by atoms with Gasteiger partial charge in [-0.05, 0) is 11.2 Å². The van der Waals surface area contributed by atoms with E-state index in [2.05, 4.69) is 0 Å². The van der Waals surface area contributed by atoms with Crippen LogP contribution >= 0.6 is 118 Å². The van der Waals surface area contributed by atoms with Crippen LogP contribution < -0.4 is 0 Å². The molecule has 0 aliphatic heterocycles. The first-order chi connectivity index (χ1) is 18.0. The Kier molecular flexibility index (Phi) is 35.2. The van der Waals surface area contributed by atoms with Gasteiger partial charge in [-0.25, -0.2) is 0 Å². The molecule has 0 aromatic carbocycles. The standard InChI is InChI=1S/C19H36O6S12/c20-11-32-16-35-19(23)10-31-14-28-4-7-36(24)6-3-27-13-26-1-2-34-18(22)9-30-15-29-5-8-37(25)17-33-12-21/h20-21H,1-17H2. The zero-order valence-electron chi connectivity index (χ0n) is 20.4. The van der Waals surface area contributed by atoms with Crippen LogP contribution in [0.1, 0.15) is 0 Å². The van der Waals surface area contributed by atoms with Crippen molar-refractivity contribution < 1.29 is 28.9 Å². The minimum Gasteiger partial charge on any atom is -0.616 e. The van der Waals surface area contributed by atoms with Crippen LogP contribution in [-0.4, -0.2) is 124 Å². The van der Waals surface area contributed by atoms with E-state index in [1.165, 1.54) is 47.0 Å². The molecule has 2 N–H and O–H groups in total. The maximum atomic E-state index is 12.1. The molecule has 0 fully saturated rings. The minimum absolute atomic E-state index is 0.00821. The van der Waals surface area contributed by atoms with Crippen LogP contribution in [0.2, 0.25) is 0 Å². The second-order valence-corrected chi connectivity index (χ2v) is 21.9. The predicted molar refractivity (Wildman–Crippen MR) is 189 cm³/mol. The summed E-state index contributed by atoms with van der Waals surface area (Å²) >= 11 is 13.8. The van der Waals surface area contributed by atoms with E-state index in [4.69, 9.17) is 10.2 Å². The number of rotatable bonds is 28. The summed E-state index contributed by atoms with van der Waals surface area (Å²) in [4.78, 5) is 23.5. The van der Waals surface area contributed by atoms with E-state index in [0.717, 1.165) is 44.0 Å². The molecule has 0 amide bonds. The van der Waals surface area contributed by atoms with E-state index in [1.54, 1.807) is 58.8 Å². The fourth-order valence-corrected chi connectivity index (χ4v) is 14.9. The van der Waals surface area contributed by atoms with Gasteiger partial charge in [-0.2, -0.15) is 11.8 Å². The van der Waals surface area contributed by atoms with Gasteiger partial charge in [0.05, 0.1) is 23.4 Å². The van der Waals surface area contributed by atoms with Crippen molar-refractivity contribution >= 4 is 150 Å². The van der Waals surface area contributed by atoms with Gasteiger partial charge >= 0.3 is 0 Å². The van der Waals surface area contributed by atoms with Crippen molar-refractivity contribution in [2.24, 2.45) is 0 Å². The summed E-state index contributed by atoms with van der Waals surface area (Å²) in [7, 11) is 0. The molecule has 0 spiro atoms. The van der Waals surface area contributed by atoms with Gasteiger partial charge in [-0.1, -0.05) is 46.5 Å². The molecule has 0 radical (unpaired) electrons. The summed E-state index contributed by atoms with van der Waals surface area (Å²) in [5, 5.41) is 21.4. The lowest BCUT2D eigenvalue weighted by atomic mass is 10.9. The van der Waals surface area contributed by atoms with Gasteiger partial charge in [-0.3, -0.25) is 9.59 Å². The monoisotopic (exact) mass is 744 g/mol. The topological polar surface area (TPSA) is 121 Å². The van der Waals surface area contributed by atoms with Gasteiger partial charge in [0, 0.05) is 49.1 Å². The third-order valence-corrected chi connectivity index (χ3v) is 18.3. The Morgan fingerprint density at radius 1 is 0.541 bits per heavy atom. The van der Waals surface area contributed by atoms with Crippen LogP contribution in [0, 0.1) is 0 Å². The number of carbonyl (C=O) groups excluding carboxylic acids is 2. The largest absolute Gasteiger partial charge is 0.616 e. The Morgan fingerprint density at radius 2 is 1.03 bits per heavy atom. The highest BCUT2D eigenvalue weighted by Gasteiger charge is 2.09. The molecule has 0 aliphatic rings. The maximum absolute atomic E-state index is 12.1. The Morgan fingerprint density at radius 3 is 1.59 bits per heavy atom. The molecule has 0 saturated heterocycles. The smallest absolute Gasteiger partial charge is 0.199 e. The number of thioether (sulfide) groups is 10. The quantitative estimate of drug-likeness (QED) is 0.0661. The van der Waals surface area contributed by atoms with E-state index in [9.17, 15) is 18.7 Å². The van der Waals surface area contributed by atoms with Gasteiger partial charge in [0.2, 0.25) is 0 Å². The van der Waals surface area contributed by atoms with Gasteiger partial charge < -0.3 is 19.3 Å². The zero-order chi connectivity index (χ0) is 27.4. The molecule has 37 heavy (non-hydrogen) atoms. The first kappa shape index (κ1) is 40.4. The molecular weight excluding hydrogens is 709 g/mol. The average Bonchev–Trinajstić information content (AvgIpc) is 2.88. The molecule has 2 atom stereocenters. The first-order valence-corrected chi connectivity index (χ1v) is 25.0. The third kappa shape index (κ3) is 32.1. The van der Waals surface area contributed by atoms with Crippen molar-refractivity contribution in [3.05, 3.63) is 0 Å². The second-order valence-electron chi connectivity index (χ2n) is 6.31. The number of aliphatic hydroxyl groups excluding tert-OH is 2. The molecule has 0 bridgehead atoms. The highest BCUT2D eigenvalue weighted by atomic mass is 32.3. The van der Waals surface area contributed by atoms with E-state index >= 15 is 0 Å². The van der Waals surface area contributed by atoms with Crippen molar-refractivity contribution in [2.75, 3.05) is 94.8 Å². The molecule has 0 rings (SSSR count). The van der Waals surface area contributed by atoms with E-state index in [-0.39, 0.29) is 22.1 Å². The highest BCUT2D eigenvalue weighted by Crippen LogP contribution is 2.20. The lowest BCUT2D eigenvalue weighted by molar-refractivity contribution is -0.109. The van der Waals surface area contributed by atoms with Crippen LogP contribution in [0.25, 0.3) is 0 Å². The molecule has 2 unspecified atom stereocenters. The van der Waals surface area contributed by atoms with Crippen molar-refractivity contribution in [3.63, 3.8) is 0 Å². The molecule has 0 aliphatic carbocycles. The van der Waals surface area contributed by atoms with Gasteiger partial charge in [0.15, 0.2) is 15.3 Å². The number of hydrogen-bond acceptors (Lipinski definition) is 16. The molecular formula is C19H36O6S12. The molecule has 6 nitrogen and oxygen atoms in total. The third-order valence-electron chi connectivity index (χ3n) is 3.50.